The van der Waals surface area contributed by atoms with Crippen molar-refractivity contribution < 1.29 is 4.79 Å². The SMILES string of the molecule is CCCNCCC(=O)Nc1ccc(C)cc1. The summed E-state index contributed by atoms with van der Waals surface area (Å²) in [6.07, 6.45) is 1.62. The highest BCUT2D eigenvalue weighted by atomic mass is 16.1. The van der Waals surface area contributed by atoms with Crippen LogP contribution in [0, 0.1) is 6.92 Å². The molecule has 0 aromatic heterocycles. The fourth-order valence-electron chi connectivity index (χ4n) is 1.36. The first kappa shape index (κ1) is 12.7. The first-order chi connectivity index (χ1) is 7.72. The molecular formula is C13H20N2O. The lowest BCUT2D eigenvalue weighted by Gasteiger charge is -2.06. The maximum absolute atomic E-state index is 11.5. The molecule has 0 aliphatic carbocycles. The third-order valence-electron chi connectivity index (χ3n) is 2.29. The third-order valence-corrected chi connectivity index (χ3v) is 2.29. The molecule has 0 saturated carbocycles. The lowest BCUT2D eigenvalue weighted by atomic mass is 10.2. The van der Waals surface area contributed by atoms with Gasteiger partial charge in [-0.15, -0.1) is 0 Å². The second-order valence-electron chi connectivity index (χ2n) is 3.91. The Labute approximate surface area is 97.2 Å². The van der Waals surface area contributed by atoms with Gasteiger partial charge < -0.3 is 10.6 Å². The van der Waals surface area contributed by atoms with Gasteiger partial charge in [0.25, 0.3) is 0 Å². The van der Waals surface area contributed by atoms with Crippen molar-refractivity contribution in [2.75, 3.05) is 18.4 Å². The molecule has 0 aliphatic rings. The number of hydrogen-bond acceptors (Lipinski definition) is 2. The summed E-state index contributed by atoms with van der Waals surface area (Å²) in [5.74, 6) is 0.0625. The maximum Gasteiger partial charge on any atom is 0.225 e. The van der Waals surface area contributed by atoms with E-state index in [4.69, 9.17) is 0 Å². The number of carbonyl (C=O) groups excluding carboxylic acids is 1. The van der Waals surface area contributed by atoms with Gasteiger partial charge in [0.05, 0.1) is 0 Å². The third kappa shape index (κ3) is 4.94. The van der Waals surface area contributed by atoms with Gasteiger partial charge >= 0.3 is 0 Å². The summed E-state index contributed by atoms with van der Waals surface area (Å²) < 4.78 is 0. The van der Waals surface area contributed by atoms with Crippen molar-refractivity contribution in [1.29, 1.82) is 0 Å². The van der Waals surface area contributed by atoms with E-state index < -0.39 is 0 Å². The van der Waals surface area contributed by atoms with Gasteiger partial charge in [0.1, 0.15) is 0 Å². The number of aryl methyl sites for hydroxylation is 1. The van der Waals surface area contributed by atoms with Gasteiger partial charge in [-0.3, -0.25) is 4.79 Å². The van der Waals surface area contributed by atoms with Crippen molar-refractivity contribution >= 4 is 11.6 Å². The van der Waals surface area contributed by atoms with Gasteiger partial charge in [0.15, 0.2) is 0 Å². The number of carbonyl (C=O) groups is 1. The van der Waals surface area contributed by atoms with Crippen LogP contribution in [-0.4, -0.2) is 19.0 Å². The quantitative estimate of drug-likeness (QED) is 0.722. The summed E-state index contributed by atoms with van der Waals surface area (Å²) in [4.78, 5) is 11.5. The standard InChI is InChI=1S/C13H20N2O/c1-3-9-14-10-8-13(16)15-12-6-4-11(2)5-7-12/h4-7,14H,3,8-10H2,1-2H3,(H,15,16). The molecule has 2 N–H and O–H groups in total. The van der Waals surface area contributed by atoms with Gasteiger partial charge in [-0.25, -0.2) is 0 Å². The largest absolute Gasteiger partial charge is 0.326 e. The summed E-state index contributed by atoms with van der Waals surface area (Å²) in [6, 6.07) is 7.83. The van der Waals surface area contributed by atoms with Crippen LogP contribution < -0.4 is 10.6 Å². The molecule has 1 aromatic rings. The molecule has 16 heavy (non-hydrogen) atoms. The number of benzene rings is 1. The van der Waals surface area contributed by atoms with Gasteiger partial charge in [-0.2, -0.15) is 0 Å². The van der Waals surface area contributed by atoms with E-state index in [9.17, 15) is 4.79 Å². The van der Waals surface area contributed by atoms with E-state index in [1.807, 2.05) is 31.2 Å². The Hall–Kier alpha value is -1.35. The van der Waals surface area contributed by atoms with Crippen LogP contribution in [0.5, 0.6) is 0 Å². The van der Waals surface area contributed by atoms with E-state index in [-0.39, 0.29) is 5.91 Å². The van der Waals surface area contributed by atoms with Gasteiger partial charge in [0, 0.05) is 18.7 Å². The predicted octanol–water partition coefficient (Wildman–Crippen LogP) is 2.32. The maximum atomic E-state index is 11.5. The molecule has 0 saturated heterocycles. The minimum absolute atomic E-state index is 0.0625. The monoisotopic (exact) mass is 220 g/mol. The van der Waals surface area contributed by atoms with Gasteiger partial charge in [-0.05, 0) is 32.0 Å². The molecule has 1 amide bonds. The summed E-state index contributed by atoms with van der Waals surface area (Å²) in [5.41, 5.74) is 2.06. The van der Waals surface area contributed by atoms with E-state index in [0.29, 0.717) is 6.42 Å². The minimum atomic E-state index is 0.0625. The average Bonchev–Trinajstić information content (AvgIpc) is 2.28. The summed E-state index contributed by atoms with van der Waals surface area (Å²) >= 11 is 0. The predicted molar refractivity (Wildman–Crippen MR) is 67.6 cm³/mol. The zero-order chi connectivity index (χ0) is 11.8. The first-order valence-corrected chi connectivity index (χ1v) is 5.79. The smallest absolute Gasteiger partial charge is 0.225 e. The summed E-state index contributed by atoms with van der Waals surface area (Å²) in [6.45, 7) is 5.85. The van der Waals surface area contributed by atoms with Crippen molar-refractivity contribution in [3.05, 3.63) is 29.8 Å². The number of hydrogen-bond donors (Lipinski definition) is 2. The molecule has 0 heterocycles. The van der Waals surface area contributed by atoms with E-state index in [1.165, 1.54) is 5.56 Å². The normalized spacial score (nSPS) is 10.1. The Kier molecular flexibility index (Phi) is 5.57. The highest BCUT2D eigenvalue weighted by molar-refractivity contribution is 5.90. The lowest BCUT2D eigenvalue weighted by molar-refractivity contribution is -0.116. The minimum Gasteiger partial charge on any atom is -0.326 e. The Morgan fingerprint density at radius 1 is 1.19 bits per heavy atom. The molecule has 3 heteroatoms. The fourth-order valence-corrected chi connectivity index (χ4v) is 1.36. The highest BCUT2D eigenvalue weighted by Crippen LogP contribution is 2.08. The van der Waals surface area contributed by atoms with Crippen molar-refractivity contribution in [3.63, 3.8) is 0 Å². The molecular weight excluding hydrogens is 200 g/mol. The molecule has 1 rings (SSSR count). The number of nitrogens with one attached hydrogen (secondary N) is 2. The number of rotatable bonds is 6. The van der Waals surface area contributed by atoms with E-state index >= 15 is 0 Å². The lowest BCUT2D eigenvalue weighted by Crippen LogP contribution is -2.22. The fraction of sp³-hybridized carbons (Fsp3) is 0.462. The van der Waals surface area contributed by atoms with E-state index in [1.54, 1.807) is 0 Å². The molecule has 0 aliphatic heterocycles. The van der Waals surface area contributed by atoms with E-state index in [0.717, 1.165) is 25.2 Å². The molecule has 3 nitrogen and oxygen atoms in total. The average molecular weight is 220 g/mol. The van der Waals surface area contributed by atoms with Crippen LogP contribution in [0.4, 0.5) is 5.69 Å². The van der Waals surface area contributed by atoms with Crippen LogP contribution >= 0.6 is 0 Å². The molecule has 0 fully saturated rings. The van der Waals surface area contributed by atoms with Crippen molar-refractivity contribution in [2.45, 2.75) is 26.7 Å². The Morgan fingerprint density at radius 2 is 1.88 bits per heavy atom. The van der Waals surface area contributed by atoms with Crippen molar-refractivity contribution in [1.82, 2.24) is 5.32 Å². The van der Waals surface area contributed by atoms with Crippen LogP contribution in [0.15, 0.2) is 24.3 Å². The van der Waals surface area contributed by atoms with E-state index in [2.05, 4.69) is 17.6 Å². The van der Waals surface area contributed by atoms with Crippen LogP contribution in [0.3, 0.4) is 0 Å². The van der Waals surface area contributed by atoms with Gasteiger partial charge in [-0.1, -0.05) is 24.6 Å². The second-order valence-corrected chi connectivity index (χ2v) is 3.91. The van der Waals surface area contributed by atoms with Gasteiger partial charge in [0.2, 0.25) is 5.91 Å². The topological polar surface area (TPSA) is 41.1 Å². The first-order valence-electron chi connectivity index (χ1n) is 5.79. The zero-order valence-electron chi connectivity index (χ0n) is 10.0. The van der Waals surface area contributed by atoms with Crippen LogP contribution in [0.2, 0.25) is 0 Å². The number of amides is 1. The van der Waals surface area contributed by atoms with Crippen LogP contribution in [0.25, 0.3) is 0 Å². The molecule has 0 atom stereocenters. The van der Waals surface area contributed by atoms with Crippen LogP contribution in [-0.2, 0) is 4.79 Å². The molecule has 0 bridgehead atoms. The van der Waals surface area contributed by atoms with Crippen molar-refractivity contribution in [2.24, 2.45) is 0 Å². The molecule has 0 spiro atoms. The number of anilines is 1. The Balaban J connectivity index is 2.26. The highest BCUT2D eigenvalue weighted by Gasteiger charge is 2.00. The summed E-state index contributed by atoms with van der Waals surface area (Å²) in [5, 5.41) is 6.07. The molecule has 0 radical (unpaired) electrons. The van der Waals surface area contributed by atoms with Crippen LogP contribution in [0.1, 0.15) is 25.3 Å². The Bertz CT molecular complexity index is 319. The molecule has 0 unspecified atom stereocenters. The zero-order valence-corrected chi connectivity index (χ0v) is 10.0. The van der Waals surface area contributed by atoms with Crippen molar-refractivity contribution in [3.8, 4) is 0 Å². The summed E-state index contributed by atoms with van der Waals surface area (Å²) in [7, 11) is 0. The molecule has 1 aromatic carbocycles. The second kappa shape index (κ2) is 7.01. The molecule has 88 valence electrons. The Morgan fingerprint density at radius 3 is 2.50 bits per heavy atom.